The monoisotopic (exact) mass is 183 g/mol. The number of methoxy groups -OCH3 is 2. The van der Waals surface area contributed by atoms with Gasteiger partial charge in [-0.05, 0) is 18.2 Å². The molecular weight excluding hydrogens is 170 g/mol. The zero-order valence-electron chi connectivity index (χ0n) is 7.65. The molecule has 0 heterocycles. The lowest BCUT2D eigenvalue weighted by molar-refractivity contribution is -0.106. The summed E-state index contributed by atoms with van der Waals surface area (Å²) < 4.78 is 9.97. The molecule has 72 valence electrons. The number of rotatable bonds is 3. The lowest BCUT2D eigenvalue weighted by Gasteiger charge is -2.15. The lowest BCUT2D eigenvalue weighted by Crippen LogP contribution is -2.04. The van der Waals surface area contributed by atoms with Gasteiger partial charge in [-0.2, -0.15) is 0 Å². The third-order valence-electron chi connectivity index (χ3n) is 1.73. The Bertz CT molecular complexity index is 284. The Kier molecular flexibility index (Phi) is 3.11. The minimum absolute atomic E-state index is 0.114. The number of aromatic hydroxyl groups is 1. The van der Waals surface area contributed by atoms with Crippen LogP contribution in [0, 0.1) is 0 Å². The van der Waals surface area contributed by atoms with E-state index in [0.717, 1.165) is 0 Å². The molecule has 0 bridgehead atoms. The second-order valence-corrected chi connectivity index (χ2v) is 2.62. The zero-order valence-corrected chi connectivity index (χ0v) is 7.65. The van der Waals surface area contributed by atoms with Gasteiger partial charge in [0.2, 0.25) is 0 Å². The molecule has 4 nitrogen and oxygen atoms in total. The van der Waals surface area contributed by atoms with E-state index in [1.54, 1.807) is 12.1 Å². The molecule has 0 amide bonds. The van der Waals surface area contributed by atoms with Crippen LogP contribution in [0.25, 0.3) is 0 Å². The predicted octanol–water partition coefficient (Wildman–Crippen LogP) is 1.27. The molecule has 0 saturated carbocycles. The summed E-state index contributed by atoms with van der Waals surface area (Å²) in [7, 11) is 2.99. The van der Waals surface area contributed by atoms with E-state index in [1.807, 2.05) is 0 Å². The quantitative estimate of drug-likeness (QED) is 0.420. The highest BCUT2D eigenvalue weighted by molar-refractivity contribution is 5.47. The molecule has 3 N–H and O–H groups in total. The highest BCUT2D eigenvalue weighted by Crippen LogP contribution is 2.28. The van der Waals surface area contributed by atoms with Crippen LogP contribution in [-0.2, 0) is 9.47 Å². The van der Waals surface area contributed by atoms with Crippen molar-refractivity contribution in [2.75, 3.05) is 20.0 Å². The topological polar surface area (TPSA) is 64.7 Å². The summed E-state index contributed by atoms with van der Waals surface area (Å²) in [6.45, 7) is 0. The van der Waals surface area contributed by atoms with Gasteiger partial charge in [-0.3, -0.25) is 0 Å². The van der Waals surface area contributed by atoms with Crippen LogP contribution in [0.1, 0.15) is 11.9 Å². The second kappa shape index (κ2) is 4.11. The van der Waals surface area contributed by atoms with E-state index in [1.165, 1.54) is 20.3 Å². The van der Waals surface area contributed by atoms with Gasteiger partial charge in [0, 0.05) is 19.9 Å². The maximum Gasteiger partial charge on any atom is 0.186 e. The summed E-state index contributed by atoms with van der Waals surface area (Å²) in [5.74, 6) is 0.114. The number of phenols is 1. The summed E-state index contributed by atoms with van der Waals surface area (Å²) in [6, 6.07) is 4.74. The Labute approximate surface area is 76.9 Å². The Morgan fingerprint density at radius 3 is 2.46 bits per heavy atom. The Morgan fingerprint density at radius 2 is 1.92 bits per heavy atom. The van der Waals surface area contributed by atoms with Crippen molar-refractivity contribution in [1.82, 2.24) is 0 Å². The normalized spacial score (nSPS) is 10.7. The Hall–Kier alpha value is -1.26. The van der Waals surface area contributed by atoms with Crippen molar-refractivity contribution >= 4 is 5.69 Å². The van der Waals surface area contributed by atoms with Gasteiger partial charge >= 0.3 is 0 Å². The largest absolute Gasteiger partial charge is 0.507 e. The van der Waals surface area contributed by atoms with Crippen LogP contribution in [0.15, 0.2) is 18.2 Å². The summed E-state index contributed by atoms with van der Waals surface area (Å²) in [5, 5.41) is 9.45. The average molecular weight is 183 g/mol. The van der Waals surface area contributed by atoms with Gasteiger partial charge in [-0.25, -0.2) is 0 Å². The number of phenolic OH excluding ortho intramolecular Hbond substituents is 1. The molecule has 0 unspecified atom stereocenters. The number of hydrogen-bond acceptors (Lipinski definition) is 4. The molecule has 0 aliphatic carbocycles. The number of benzene rings is 1. The van der Waals surface area contributed by atoms with Crippen LogP contribution >= 0.6 is 0 Å². The Morgan fingerprint density at radius 1 is 1.31 bits per heavy atom. The predicted molar refractivity (Wildman–Crippen MR) is 49.3 cm³/mol. The molecule has 1 aromatic rings. The third kappa shape index (κ3) is 2.11. The van der Waals surface area contributed by atoms with Crippen LogP contribution in [0.3, 0.4) is 0 Å². The molecule has 0 aromatic heterocycles. The first-order valence-corrected chi connectivity index (χ1v) is 3.83. The lowest BCUT2D eigenvalue weighted by atomic mass is 10.1. The van der Waals surface area contributed by atoms with E-state index in [9.17, 15) is 5.11 Å². The number of nitrogens with two attached hydrogens (primary N) is 1. The molecule has 0 radical (unpaired) electrons. The van der Waals surface area contributed by atoms with Crippen LogP contribution in [0.2, 0.25) is 0 Å². The summed E-state index contributed by atoms with van der Waals surface area (Å²) >= 11 is 0. The molecule has 4 heteroatoms. The first-order chi connectivity index (χ1) is 6.19. The second-order valence-electron chi connectivity index (χ2n) is 2.62. The van der Waals surface area contributed by atoms with Gasteiger partial charge in [0.1, 0.15) is 5.75 Å². The Balaban J connectivity index is 3.03. The zero-order chi connectivity index (χ0) is 9.84. The van der Waals surface area contributed by atoms with Gasteiger partial charge in [0.15, 0.2) is 6.29 Å². The smallest absolute Gasteiger partial charge is 0.186 e. The van der Waals surface area contributed by atoms with E-state index >= 15 is 0 Å². The van der Waals surface area contributed by atoms with Crippen molar-refractivity contribution in [2.45, 2.75) is 6.29 Å². The van der Waals surface area contributed by atoms with Crippen LogP contribution in [0.5, 0.6) is 5.75 Å². The highest BCUT2D eigenvalue weighted by atomic mass is 16.7. The van der Waals surface area contributed by atoms with Crippen LogP contribution < -0.4 is 5.73 Å². The number of nitrogen functional groups attached to an aromatic ring is 1. The summed E-state index contributed by atoms with van der Waals surface area (Å²) in [4.78, 5) is 0. The van der Waals surface area contributed by atoms with Gasteiger partial charge in [0.25, 0.3) is 0 Å². The third-order valence-corrected chi connectivity index (χ3v) is 1.73. The van der Waals surface area contributed by atoms with E-state index < -0.39 is 6.29 Å². The highest BCUT2D eigenvalue weighted by Gasteiger charge is 2.13. The minimum atomic E-state index is -0.580. The van der Waals surface area contributed by atoms with Crippen molar-refractivity contribution in [3.63, 3.8) is 0 Å². The number of hydrogen-bond donors (Lipinski definition) is 2. The van der Waals surface area contributed by atoms with Crippen molar-refractivity contribution in [1.29, 1.82) is 0 Å². The minimum Gasteiger partial charge on any atom is -0.507 e. The van der Waals surface area contributed by atoms with E-state index in [-0.39, 0.29) is 5.75 Å². The molecule has 0 saturated heterocycles. The van der Waals surface area contributed by atoms with Gasteiger partial charge in [-0.1, -0.05) is 0 Å². The first kappa shape index (κ1) is 9.83. The molecule has 1 rings (SSSR count). The average Bonchev–Trinajstić information content (AvgIpc) is 2.13. The van der Waals surface area contributed by atoms with E-state index in [2.05, 4.69) is 0 Å². The van der Waals surface area contributed by atoms with E-state index in [4.69, 9.17) is 15.2 Å². The molecule has 0 aliphatic heterocycles. The maximum absolute atomic E-state index is 9.45. The summed E-state index contributed by atoms with van der Waals surface area (Å²) in [6.07, 6.45) is -0.580. The molecule has 0 aliphatic rings. The fourth-order valence-electron chi connectivity index (χ4n) is 1.11. The van der Waals surface area contributed by atoms with Crippen molar-refractivity contribution < 1.29 is 14.6 Å². The standard InChI is InChI=1S/C9H13NO3/c1-12-9(13-2)7-5-6(10)3-4-8(7)11/h3-5,9,11H,10H2,1-2H3. The van der Waals surface area contributed by atoms with Crippen molar-refractivity contribution in [2.24, 2.45) is 0 Å². The molecule has 13 heavy (non-hydrogen) atoms. The SMILES string of the molecule is COC(OC)c1cc(N)ccc1O. The number of anilines is 1. The maximum atomic E-state index is 9.45. The molecule has 0 fully saturated rings. The first-order valence-electron chi connectivity index (χ1n) is 3.83. The molecule has 0 spiro atoms. The van der Waals surface area contributed by atoms with Gasteiger partial charge < -0.3 is 20.3 Å². The molecule has 0 atom stereocenters. The van der Waals surface area contributed by atoms with Crippen LogP contribution in [-0.4, -0.2) is 19.3 Å². The molecule has 1 aromatic carbocycles. The fraction of sp³-hybridized carbons (Fsp3) is 0.333. The fourth-order valence-corrected chi connectivity index (χ4v) is 1.11. The van der Waals surface area contributed by atoms with Crippen LogP contribution in [0.4, 0.5) is 5.69 Å². The summed E-state index contributed by atoms with van der Waals surface area (Å²) in [5.41, 5.74) is 6.65. The van der Waals surface area contributed by atoms with Crippen molar-refractivity contribution in [3.8, 4) is 5.75 Å². The van der Waals surface area contributed by atoms with Crippen molar-refractivity contribution in [3.05, 3.63) is 23.8 Å². The van der Waals surface area contributed by atoms with Gasteiger partial charge in [0.05, 0.1) is 5.56 Å². The molecular formula is C9H13NO3. The number of ether oxygens (including phenoxy) is 2. The van der Waals surface area contributed by atoms with E-state index in [0.29, 0.717) is 11.3 Å². The van der Waals surface area contributed by atoms with Gasteiger partial charge in [-0.15, -0.1) is 0 Å².